The zero-order valence-corrected chi connectivity index (χ0v) is 17.2. The van der Waals surface area contributed by atoms with E-state index in [2.05, 4.69) is 29.5 Å². The van der Waals surface area contributed by atoms with Crippen molar-refractivity contribution in [2.45, 2.75) is 34.2 Å². The van der Waals surface area contributed by atoms with Crippen LogP contribution in [0.25, 0.3) is 11.3 Å². The molecule has 0 saturated heterocycles. The van der Waals surface area contributed by atoms with Gasteiger partial charge in [-0.25, -0.2) is 4.68 Å². The second-order valence-electron chi connectivity index (χ2n) is 6.97. The number of nitrogens with one attached hydrogen (secondary N) is 1. The van der Waals surface area contributed by atoms with Crippen LogP contribution in [-0.2, 0) is 11.3 Å². The maximum Gasteiger partial charge on any atom is 0.267 e. The fourth-order valence-corrected chi connectivity index (χ4v) is 3.08. The molecule has 1 amide bonds. The minimum atomic E-state index is -0.322. The van der Waals surface area contributed by atoms with Gasteiger partial charge < -0.3 is 10.1 Å². The lowest BCUT2D eigenvalue weighted by molar-refractivity contribution is -0.117. The van der Waals surface area contributed by atoms with Gasteiger partial charge in [-0.2, -0.15) is 5.10 Å². The first-order valence-corrected chi connectivity index (χ1v) is 9.56. The highest BCUT2D eigenvalue weighted by molar-refractivity contribution is 5.90. The number of ether oxygens (including phenoxy) is 1. The van der Waals surface area contributed by atoms with Crippen molar-refractivity contribution in [1.82, 2.24) is 9.78 Å². The van der Waals surface area contributed by atoms with Crippen molar-refractivity contribution in [3.8, 4) is 17.0 Å². The summed E-state index contributed by atoms with van der Waals surface area (Å²) >= 11 is 0. The van der Waals surface area contributed by atoms with Crippen LogP contribution in [0.2, 0.25) is 0 Å². The van der Waals surface area contributed by atoms with Crippen LogP contribution >= 0.6 is 0 Å². The minimum Gasteiger partial charge on any atom is -0.494 e. The van der Waals surface area contributed by atoms with Gasteiger partial charge in [-0.15, -0.1) is 0 Å². The standard InChI is InChI=1S/C23H25N3O3/c1-5-29-19-8-6-18(7-9-19)24-22(27)14-26-23(28)11-10-21(25-26)20-13-16(3)15(2)12-17(20)4/h6-13H,5,14H2,1-4H3,(H,24,27). The largest absolute Gasteiger partial charge is 0.494 e. The molecule has 3 aromatic rings. The van der Waals surface area contributed by atoms with Gasteiger partial charge in [0.15, 0.2) is 0 Å². The molecule has 150 valence electrons. The topological polar surface area (TPSA) is 73.2 Å². The molecular weight excluding hydrogens is 366 g/mol. The van der Waals surface area contributed by atoms with Gasteiger partial charge in [-0.1, -0.05) is 6.07 Å². The Bertz CT molecular complexity index is 1090. The van der Waals surface area contributed by atoms with Gasteiger partial charge in [-0.05, 0) is 80.8 Å². The highest BCUT2D eigenvalue weighted by Crippen LogP contribution is 2.24. The van der Waals surface area contributed by atoms with Crippen LogP contribution in [0.4, 0.5) is 5.69 Å². The van der Waals surface area contributed by atoms with E-state index in [1.165, 1.54) is 16.3 Å². The summed E-state index contributed by atoms with van der Waals surface area (Å²) in [6.07, 6.45) is 0. The quantitative estimate of drug-likeness (QED) is 0.692. The van der Waals surface area contributed by atoms with Crippen molar-refractivity contribution in [2.24, 2.45) is 0 Å². The first-order valence-electron chi connectivity index (χ1n) is 9.56. The van der Waals surface area contributed by atoms with Gasteiger partial charge >= 0.3 is 0 Å². The lowest BCUT2D eigenvalue weighted by atomic mass is 9.99. The number of carbonyl (C=O) groups excluding carboxylic acids is 1. The van der Waals surface area contributed by atoms with Crippen molar-refractivity contribution in [1.29, 1.82) is 0 Å². The summed E-state index contributed by atoms with van der Waals surface area (Å²) in [4.78, 5) is 24.6. The molecule has 2 aromatic carbocycles. The molecule has 1 N–H and O–H groups in total. The third kappa shape index (κ3) is 4.90. The predicted octanol–water partition coefficient (Wildman–Crippen LogP) is 3.87. The van der Waals surface area contributed by atoms with Crippen molar-refractivity contribution in [3.05, 3.63) is 75.6 Å². The monoisotopic (exact) mass is 391 g/mol. The van der Waals surface area contributed by atoms with Gasteiger partial charge in [-0.3, -0.25) is 9.59 Å². The second-order valence-corrected chi connectivity index (χ2v) is 6.97. The number of nitrogens with zero attached hydrogens (tertiary/aromatic N) is 2. The molecule has 0 aliphatic carbocycles. The van der Waals surface area contributed by atoms with Crippen LogP contribution in [0.1, 0.15) is 23.6 Å². The van der Waals surface area contributed by atoms with E-state index in [0.29, 0.717) is 18.0 Å². The second kappa shape index (κ2) is 8.73. The first-order chi connectivity index (χ1) is 13.9. The molecule has 29 heavy (non-hydrogen) atoms. The third-order valence-corrected chi connectivity index (χ3v) is 4.73. The van der Waals surface area contributed by atoms with Crippen molar-refractivity contribution in [3.63, 3.8) is 0 Å². The molecule has 3 rings (SSSR count). The average molecular weight is 391 g/mol. The van der Waals surface area contributed by atoms with Gasteiger partial charge in [0.05, 0.1) is 12.3 Å². The Labute approximate surface area is 170 Å². The molecule has 0 aliphatic heterocycles. The highest BCUT2D eigenvalue weighted by atomic mass is 16.5. The average Bonchev–Trinajstić information content (AvgIpc) is 2.68. The number of amides is 1. The van der Waals surface area contributed by atoms with E-state index >= 15 is 0 Å². The predicted molar refractivity (Wildman–Crippen MR) is 114 cm³/mol. The number of hydrogen-bond donors (Lipinski definition) is 1. The van der Waals surface area contributed by atoms with E-state index in [1.54, 1.807) is 30.3 Å². The van der Waals surface area contributed by atoms with Crippen LogP contribution in [0.15, 0.2) is 53.3 Å². The molecule has 1 heterocycles. The van der Waals surface area contributed by atoms with E-state index in [9.17, 15) is 9.59 Å². The lowest BCUT2D eigenvalue weighted by Crippen LogP contribution is -2.29. The normalized spacial score (nSPS) is 10.6. The zero-order chi connectivity index (χ0) is 21.0. The summed E-state index contributed by atoms with van der Waals surface area (Å²) in [5.74, 6) is 0.414. The van der Waals surface area contributed by atoms with Crippen molar-refractivity contribution >= 4 is 11.6 Å². The molecule has 0 aliphatic rings. The van der Waals surface area contributed by atoms with Crippen molar-refractivity contribution in [2.75, 3.05) is 11.9 Å². The number of benzene rings is 2. The first kappa shape index (κ1) is 20.3. The molecule has 6 nitrogen and oxygen atoms in total. The molecule has 0 atom stereocenters. The summed E-state index contributed by atoms with van der Waals surface area (Å²) in [7, 11) is 0. The Balaban J connectivity index is 1.79. The summed E-state index contributed by atoms with van der Waals surface area (Å²) in [6.45, 7) is 8.44. The Morgan fingerprint density at radius 2 is 1.69 bits per heavy atom. The Morgan fingerprint density at radius 1 is 1.00 bits per heavy atom. The van der Waals surface area contributed by atoms with E-state index in [4.69, 9.17) is 4.74 Å². The van der Waals surface area contributed by atoms with Crippen LogP contribution in [0.5, 0.6) is 5.75 Å². The minimum absolute atomic E-state index is 0.163. The number of carbonyl (C=O) groups is 1. The number of hydrogen-bond acceptors (Lipinski definition) is 4. The maximum atomic E-state index is 12.4. The summed E-state index contributed by atoms with van der Waals surface area (Å²) < 4.78 is 6.58. The Morgan fingerprint density at radius 3 is 2.38 bits per heavy atom. The number of aryl methyl sites for hydroxylation is 3. The van der Waals surface area contributed by atoms with E-state index < -0.39 is 0 Å². The van der Waals surface area contributed by atoms with Gasteiger partial charge in [0.1, 0.15) is 12.3 Å². The third-order valence-electron chi connectivity index (χ3n) is 4.73. The SMILES string of the molecule is CCOc1ccc(NC(=O)Cn2nc(-c3cc(C)c(C)cc3C)ccc2=O)cc1. The fourth-order valence-electron chi connectivity index (χ4n) is 3.08. The molecule has 0 bridgehead atoms. The smallest absolute Gasteiger partial charge is 0.267 e. The maximum absolute atomic E-state index is 12.4. The lowest BCUT2D eigenvalue weighted by Gasteiger charge is -2.12. The molecule has 1 aromatic heterocycles. The molecule has 0 unspecified atom stereocenters. The van der Waals surface area contributed by atoms with Crippen molar-refractivity contribution < 1.29 is 9.53 Å². The summed E-state index contributed by atoms with van der Waals surface area (Å²) in [6, 6.07) is 14.4. The number of anilines is 1. The van der Waals surface area contributed by atoms with Gasteiger partial charge in [0, 0.05) is 17.3 Å². The van der Waals surface area contributed by atoms with Crippen LogP contribution in [0, 0.1) is 20.8 Å². The van der Waals surface area contributed by atoms with E-state index in [-0.39, 0.29) is 18.0 Å². The Hall–Kier alpha value is -3.41. The fraction of sp³-hybridized carbons (Fsp3) is 0.261. The van der Waals surface area contributed by atoms with Crippen LogP contribution < -0.4 is 15.6 Å². The van der Waals surface area contributed by atoms with E-state index in [0.717, 1.165) is 22.4 Å². The van der Waals surface area contributed by atoms with Crippen LogP contribution in [0.3, 0.4) is 0 Å². The number of rotatable bonds is 6. The summed E-state index contributed by atoms with van der Waals surface area (Å²) in [5, 5.41) is 7.20. The summed E-state index contributed by atoms with van der Waals surface area (Å²) in [5.41, 5.74) is 5.36. The highest BCUT2D eigenvalue weighted by Gasteiger charge is 2.11. The van der Waals surface area contributed by atoms with Crippen LogP contribution in [-0.4, -0.2) is 22.3 Å². The molecule has 0 spiro atoms. The van der Waals surface area contributed by atoms with E-state index in [1.807, 2.05) is 20.8 Å². The molecule has 0 fully saturated rings. The molecule has 0 radical (unpaired) electrons. The molecule has 0 saturated carbocycles. The Kier molecular flexibility index (Phi) is 6.12. The zero-order valence-electron chi connectivity index (χ0n) is 17.2. The number of aromatic nitrogens is 2. The van der Waals surface area contributed by atoms with Gasteiger partial charge in [0.25, 0.3) is 5.56 Å². The molecule has 6 heteroatoms. The molecular formula is C23H25N3O3. The van der Waals surface area contributed by atoms with Gasteiger partial charge in [0.2, 0.25) is 5.91 Å².